The number of thioether (sulfide) groups is 1. The fraction of sp³-hybridized carbons (Fsp3) is 0.400. The van der Waals surface area contributed by atoms with Gasteiger partial charge in [-0.05, 0) is 12.3 Å². The summed E-state index contributed by atoms with van der Waals surface area (Å²) < 4.78 is 5.29. The molecular weight excluding hydrogens is 300 g/mol. The summed E-state index contributed by atoms with van der Waals surface area (Å²) in [6, 6.07) is 3.90. The van der Waals surface area contributed by atoms with Gasteiger partial charge in [-0.2, -0.15) is 0 Å². The zero-order valence-corrected chi connectivity index (χ0v) is 13.4. The van der Waals surface area contributed by atoms with Crippen LogP contribution in [0.5, 0.6) is 5.88 Å². The first-order valence-electron chi connectivity index (χ1n) is 7.07. The molecular formula is C15H18N4O2S. The van der Waals surface area contributed by atoms with Gasteiger partial charge in [0, 0.05) is 37.8 Å². The second-order valence-corrected chi connectivity index (χ2v) is 5.93. The number of rotatable bonds is 4. The molecule has 3 rings (SSSR count). The lowest BCUT2D eigenvalue weighted by atomic mass is 10.1. The second-order valence-electron chi connectivity index (χ2n) is 5.13. The quantitative estimate of drug-likeness (QED) is 0.680. The number of nitrogens with zero attached hydrogens (tertiary/aromatic N) is 3. The summed E-state index contributed by atoms with van der Waals surface area (Å²) in [5, 5.41) is 0.686. The summed E-state index contributed by atoms with van der Waals surface area (Å²) in [7, 11) is 1.62. The Labute approximate surface area is 132 Å². The summed E-state index contributed by atoms with van der Waals surface area (Å²) in [5.74, 6) is 0.637. The minimum Gasteiger partial charge on any atom is -0.481 e. The van der Waals surface area contributed by atoms with E-state index in [1.165, 1.54) is 11.8 Å². The summed E-state index contributed by atoms with van der Waals surface area (Å²) in [6.07, 6.45) is 4.41. The second kappa shape index (κ2) is 6.50. The third kappa shape index (κ3) is 3.00. The van der Waals surface area contributed by atoms with Crippen molar-refractivity contribution >= 4 is 11.8 Å². The van der Waals surface area contributed by atoms with Crippen LogP contribution >= 0.6 is 11.8 Å². The molecule has 1 aliphatic heterocycles. The standard InChI is InChI=1S/C15H18N4O2S/c1-21-14-10(4-3-6-16-14)8-19-7-5-12-11(9-19)13(20)18-15(17-12)22-2/h3-4,6H,5,7-9H2,1-2H3,(H,17,18,20). The highest BCUT2D eigenvalue weighted by Crippen LogP contribution is 2.21. The molecule has 0 aliphatic carbocycles. The Bertz CT molecular complexity index is 732. The highest BCUT2D eigenvalue weighted by Gasteiger charge is 2.22. The zero-order chi connectivity index (χ0) is 15.5. The highest BCUT2D eigenvalue weighted by molar-refractivity contribution is 7.98. The van der Waals surface area contributed by atoms with Crippen LogP contribution in [-0.2, 0) is 19.5 Å². The molecule has 3 heterocycles. The molecule has 2 aromatic heterocycles. The predicted molar refractivity (Wildman–Crippen MR) is 85.2 cm³/mol. The van der Waals surface area contributed by atoms with E-state index >= 15 is 0 Å². The first-order chi connectivity index (χ1) is 10.7. The van der Waals surface area contributed by atoms with E-state index in [1.54, 1.807) is 13.3 Å². The number of methoxy groups -OCH3 is 1. The van der Waals surface area contributed by atoms with E-state index in [9.17, 15) is 4.79 Å². The molecule has 0 spiro atoms. The van der Waals surface area contributed by atoms with Crippen molar-refractivity contribution in [3.63, 3.8) is 0 Å². The average molecular weight is 318 g/mol. The van der Waals surface area contributed by atoms with Gasteiger partial charge in [0.2, 0.25) is 5.88 Å². The molecule has 1 aliphatic rings. The molecule has 0 amide bonds. The third-order valence-electron chi connectivity index (χ3n) is 3.76. The molecule has 1 N–H and O–H groups in total. The molecule has 0 atom stereocenters. The van der Waals surface area contributed by atoms with Gasteiger partial charge in [0.15, 0.2) is 5.16 Å². The monoisotopic (exact) mass is 318 g/mol. The van der Waals surface area contributed by atoms with Crippen LogP contribution in [0.1, 0.15) is 16.8 Å². The molecule has 7 heteroatoms. The number of pyridine rings is 1. The van der Waals surface area contributed by atoms with E-state index in [1.807, 2.05) is 18.4 Å². The topological polar surface area (TPSA) is 71.1 Å². The van der Waals surface area contributed by atoms with Crippen LogP contribution in [0.25, 0.3) is 0 Å². The van der Waals surface area contributed by atoms with Crippen LogP contribution in [0.2, 0.25) is 0 Å². The molecule has 0 bridgehead atoms. The fourth-order valence-corrected chi connectivity index (χ4v) is 3.06. The van der Waals surface area contributed by atoms with Gasteiger partial charge in [0.25, 0.3) is 5.56 Å². The van der Waals surface area contributed by atoms with Crippen molar-refractivity contribution in [2.24, 2.45) is 0 Å². The van der Waals surface area contributed by atoms with E-state index < -0.39 is 0 Å². The van der Waals surface area contributed by atoms with Gasteiger partial charge in [-0.3, -0.25) is 9.69 Å². The van der Waals surface area contributed by atoms with Crippen LogP contribution in [0.3, 0.4) is 0 Å². The first kappa shape index (κ1) is 15.1. The fourth-order valence-electron chi connectivity index (χ4n) is 2.66. The molecule has 2 aromatic rings. The van der Waals surface area contributed by atoms with E-state index in [0.717, 1.165) is 29.8 Å². The molecule has 22 heavy (non-hydrogen) atoms. The van der Waals surface area contributed by atoms with Crippen LogP contribution in [-0.4, -0.2) is 39.8 Å². The Morgan fingerprint density at radius 2 is 2.36 bits per heavy atom. The van der Waals surface area contributed by atoms with Crippen molar-refractivity contribution < 1.29 is 4.74 Å². The van der Waals surface area contributed by atoms with Crippen LogP contribution < -0.4 is 10.3 Å². The van der Waals surface area contributed by atoms with Gasteiger partial charge in [-0.1, -0.05) is 17.8 Å². The average Bonchev–Trinajstić information content (AvgIpc) is 2.55. The SMILES string of the molecule is COc1ncccc1CN1CCc2nc(SC)[nH]c(=O)c2C1. The predicted octanol–water partition coefficient (Wildman–Crippen LogP) is 1.45. The first-order valence-corrected chi connectivity index (χ1v) is 8.30. The van der Waals surface area contributed by atoms with Gasteiger partial charge in [-0.15, -0.1) is 0 Å². The number of hydrogen-bond acceptors (Lipinski definition) is 6. The van der Waals surface area contributed by atoms with Crippen LogP contribution in [0, 0.1) is 0 Å². The summed E-state index contributed by atoms with van der Waals surface area (Å²) in [5.41, 5.74) is 2.69. The molecule has 0 aromatic carbocycles. The molecule has 0 radical (unpaired) electrons. The summed E-state index contributed by atoms with van der Waals surface area (Å²) in [4.78, 5) is 26.0. The molecule has 0 unspecified atom stereocenters. The Kier molecular flexibility index (Phi) is 4.44. The molecule has 0 saturated carbocycles. The zero-order valence-electron chi connectivity index (χ0n) is 12.6. The van der Waals surface area contributed by atoms with Gasteiger partial charge < -0.3 is 9.72 Å². The number of H-pyrrole nitrogens is 1. The number of aromatic nitrogens is 3. The van der Waals surface area contributed by atoms with Gasteiger partial charge >= 0.3 is 0 Å². The van der Waals surface area contributed by atoms with Crippen molar-refractivity contribution in [2.45, 2.75) is 24.7 Å². The maximum atomic E-state index is 12.2. The normalized spacial score (nSPS) is 14.6. The summed E-state index contributed by atoms with van der Waals surface area (Å²) >= 11 is 1.46. The largest absolute Gasteiger partial charge is 0.481 e. The highest BCUT2D eigenvalue weighted by atomic mass is 32.2. The number of hydrogen-bond donors (Lipinski definition) is 1. The van der Waals surface area contributed by atoms with Gasteiger partial charge in [-0.25, -0.2) is 9.97 Å². The lowest BCUT2D eigenvalue weighted by Crippen LogP contribution is -2.35. The smallest absolute Gasteiger partial charge is 0.256 e. The number of fused-ring (bicyclic) bond motifs is 1. The number of nitrogens with one attached hydrogen (secondary N) is 1. The Morgan fingerprint density at radius 1 is 1.50 bits per heavy atom. The van der Waals surface area contributed by atoms with Crippen LogP contribution in [0.15, 0.2) is 28.3 Å². The molecule has 6 nitrogen and oxygen atoms in total. The van der Waals surface area contributed by atoms with Crippen molar-refractivity contribution in [3.8, 4) is 5.88 Å². The van der Waals surface area contributed by atoms with Crippen molar-refractivity contribution in [2.75, 3.05) is 19.9 Å². The maximum absolute atomic E-state index is 12.2. The van der Waals surface area contributed by atoms with E-state index in [4.69, 9.17) is 4.74 Å². The Morgan fingerprint density at radius 3 is 3.14 bits per heavy atom. The van der Waals surface area contributed by atoms with E-state index in [0.29, 0.717) is 24.1 Å². The maximum Gasteiger partial charge on any atom is 0.256 e. The third-order valence-corrected chi connectivity index (χ3v) is 4.34. The Balaban J connectivity index is 1.81. The molecule has 116 valence electrons. The summed E-state index contributed by atoms with van der Waals surface area (Å²) in [6.45, 7) is 2.18. The lowest BCUT2D eigenvalue weighted by molar-refractivity contribution is 0.236. The number of ether oxygens (including phenoxy) is 1. The van der Waals surface area contributed by atoms with Crippen LogP contribution in [0.4, 0.5) is 0 Å². The van der Waals surface area contributed by atoms with Crippen molar-refractivity contribution in [1.82, 2.24) is 19.9 Å². The lowest BCUT2D eigenvalue weighted by Gasteiger charge is -2.27. The van der Waals surface area contributed by atoms with E-state index in [-0.39, 0.29) is 5.56 Å². The minimum atomic E-state index is -0.0304. The van der Waals surface area contributed by atoms with Crippen molar-refractivity contribution in [3.05, 3.63) is 45.5 Å². The van der Waals surface area contributed by atoms with E-state index in [2.05, 4.69) is 19.9 Å². The Hall–Kier alpha value is -1.86. The number of aromatic amines is 1. The molecule has 0 fully saturated rings. The molecule has 0 saturated heterocycles. The minimum absolute atomic E-state index is 0.0304. The van der Waals surface area contributed by atoms with Gasteiger partial charge in [0.05, 0.1) is 18.4 Å². The van der Waals surface area contributed by atoms with Crippen molar-refractivity contribution in [1.29, 1.82) is 0 Å². The van der Waals surface area contributed by atoms with Gasteiger partial charge in [0.1, 0.15) is 0 Å².